The number of nitro benzene ring substituents is 1. The van der Waals surface area contributed by atoms with E-state index in [1.54, 1.807) is 29.7 Å². The first kappa shape index (κ1) is 15.5. The zero-order valence-corrected chi connectivity index (χ0v) is 13.7. The molecular weight excluding hydrogens is 334 g/mol. The fourth-order valence-electron chi connectivity index (χ4n) is 2.16. The summed E-state index contributed by atoms with van der Waals surface area (Å²) in [6.07, 6.45) is 1.75. The summed E-state index contributed by atoms with van der Waals surface area (Å²) < 4.78 is 1.16. The van der Waals surface area contributed by atoms with Crippen molar-refractivity contribution in [3.05, 3.63) is 68.0 Å². The van der Waals surface area contributed by atoms with Crippen LogP contribution in [0.25, 0.3) is 10.1 Å². The molecule has 1 aromatic heterocycles. The summed E-state index contributed by atoms with van der Waals surface area (Å²) in [7, 11) is 0. The number of nitrogens with one attached hydrogen (secondary N) is 1. The Bertz CT molecular complexity index is 904. The van der Waals surface area contributed by atoms with E-state index in [1.807, 2.05) is 25.1 Å². The van der Waals surface area contributed by atoms with Crippen molar-refractivity contribution in [3.8, 4) is 0 Å². The summed E-state index contributed by atoms with van der Waals surface area (Å²) in [5.41, 5.74) is 4.74. The van der Waals surface area contributed by atoms with Crippen LogP contribution in [0.5, 0.6) is 0 Å². The van der Waals surface area contributed by atoms with E-state index in [0.29, 0.717) is 10.7 Å². The Labute approximate surface area is 141 Å². The number of rotatable bonds is 4. The van der Waals surface area contributed by atoms with E-state index in [9.17, 15) is 10.1 Å². The van der Waals surface area contributed by atoms with Gasteiger partial charge in [-0.1, -0.05) is 11.6 Å². The van der Waals surface area contributed by atoms with E-state index < -0.39 is 4.92 Å². The first-order valence-electron chi connectivity index (χ1n) is 6.77. The Morgan fingerprint density at radius 1 is 1.26 bits per heavy atom. The SMILES string of the molecule is Cc1c(/C=N/Nc2ccc([N+](=O)[O-])cc2)sc2ccc(Cl)cc12. The predicted octanol–water partition coefficient (Wildman–Crippen LogP) is 5.22. The lowest BCUT2D eigenvalue weighted by Crippen LogP contribution is -1.91. The van der Waals surface area contributed by atoms with Crippen molar-refractivity contribution in [3.63, 3.8) is 0 Å². The molecule has 3 rings (SSSR count). The first-order valence-corrected chi connectivity index (χ1v) is 7.96. The summed E-state index contributed by atoms with van der Waals surface area (Å²) in [6, 6.07) is 11.9. The van der Waals surface area contributed by atoms with Crippen LogP contribution in [0.3, 0.4) is 0 Å². The number of benzene rings is 2. The maximum atomic E-state index is 10.6. The van der Waals surface area contributed by atoms with Gasteiger partial charge in [-0.2, -0.15) is 5.10 Å². The second-order valence-corrected chi connectivity index (χ2v) is 6.43. The molecule has 3 aromatic rings. The number of hydrazone groups is 1. The third-order valence-electron chi connectivity index (χ3n) is 3.39. The summed E-state index contributed by atoms with van der Waals surface area (Å²) >= 11 is 7.67. The molecule has 1 N–H and O–H groups in total. The molecular formula is C16H12ClN3O2S. The van der Waals surface area contributed by atoms with Gasteiger partial charge in [0.05, 0.1) is 21.7 Å². The maximum Gasteiger partial charge on any atom is 0.269 e. The van der Waals surface area contributed by atoms with Crippen molar-refractivity contribution in [2.45, 2.75) is 6.92 Å². The molecule has 0 spiro atoms. The fraction of sp³-hybridized carbons (Fsp3) is 0.0625. The normalized spacial score (nSPS) is 11.2. The lowest BCUT2D eigenvalue weighted by atomic mass is 10.1. The molecule has 0 bridgehead atoms. The van der Waals surface area contributed by atoms with Gasteiger partial charge in [0.15, 0.2) is 0 Å². The highest BCUT2D eigenvalue weighted by molar-refractivity contribution is 7.20. The van der Waals surface area contributed by atoms with Crippen molar-refractivity contribution >= 4 is 50.6 Å². The van der Waals surface area contributed by atoms with Crippen LogP contribution in [0.1, 0.15) is 10.4 Å². The molecule has 0 saturated heterocycles. The molecule has 7 heteroatoms. The second kappa shape index (κ2) is 6.36. The summed E-state index contributed by atoms with van der Waals surface area (Å²) in [4.78, 5) is 11.2. The molecule has 1 heterocycles. The molecule has 0 aliphatic carbocycles. The van der Waals surface area contributed by atoms with E-state index in [4.69, 9.17) is 11.6 Å². The van der Waals surface area contributed by atoms with Gasteiger partial charge in [-0.15, -0.1) is 11.3 Å². The molecule has 23 heavy (non-hydrogen) atoms. The standard InChI is InChI=1S/C16H12ClN3O2S/c1-10-14-8-11(17)2-7-15(14)23-16(10)9-18-19-12-3-5-13(6-4-12)20(21)22/h2-9,19H,1H3/b18-9+. The number of non-ortho nitro benzene ring substituents is 1. The highest BCUT2D eigenvalue weighted by Gasteiger charge is 2.07. The molecule has 0 aliphatic heterocycles. The van der Waals surface area contributed by atoms with Gasteiger partial charge in [0.2, 0.25) is 0 Å². The average Bonchev–Trinajstić information content (AvgIpc) is 2.84. The van der Waals surface area contributed by atoms with E-state index in [0.717, 1.165) is 20.5 Å². The van der Waals surface area contributed by atoms with Crippen molar-refractivity contribution in [2.75, 3.05) is 5.43 Å². The van der Waals surface area contributed by atoms with Crippen LogP contribution in [0.4, 0.5) is 11.4 Å². The number of fused-ring (bicyclic) bond motifs is 1. The van der Waals surface area contributed by atoms with Crippen LogP contribution in [-0.4, -0.2) is 11.1 Å². The van der Waals surface area contributed by atoms with Gasteiger partial charge in [0, 0.05) is 21.9 Å². The number of thiophene rings is 1. The molecule has 0 radical (unpaired) electrons. The van der Waals surface area contributed by atoms with E-state index >= 15 is 0 Å². The topological polar surface area (TPSA) is 67.5 Å². The largest absolute Gasteiger partial charge is 0.278 e. The van der Waals surface area contributed by atoms with Gasteiger partial charge in [0.25, 0.3) is 5.69 Å². The first-order chi connectivity index (χ1) is 11.0. The van der Waals surface area contributed by atoms with Gasteiger partial charge in [-0.3, -0.25) is 15.5 Å². The Balaban J connectivity index is 1.77. The molecule has 0 atom stereocenters. The Kier molecular flexibility index (Phi) is 4.27. The molecule has 2 aromatic carbocycles. The molecule has 0 saturated carbocycles. The van der Waals surface area contributed by atoms with Crippen LogP contribution in [-0.2, 0) is 0 Å². The number of anilines is 1. The highest BCUT2D eigenvalue weighted by atomic mass is 35.5. The van der Waals surface area contributed by atoms with Gasteiger partial charge < -0.3 is 0 Å². The maximum absolute atomic E-state index is 10.6. The smallest absolute Gasteiger partial charge is 0.269 e. The number of halogens is 1. The Morgan fingerprint density at radius 2 is 2.00 bits per heavy atom. The third-order valence-corrected chi connectivity index (χ3v) is 4.83. The molecule has 0 unspecified atom stereocenters. The zero-order chi connectivity index (χ0) is 16.4. The van der Waals surface area contributed by atoms with Gasteiger partial charge in [-0.05, 0) is 48.2 Å². The molecule has 5 nitrogen and oxygen atoms in total. The van der Waals surface area contributed by atoms with Crippen molar-refractivity contribution in [2.24, 2.45) is 5.10 Å². The van der Waals surface area contributed by atoms with E-state index in [-0.39, 0.29) is 5.69 Å². The second-order valence-electron chi connectivity index (χ2n) is 4.91. The van der Waals surface area contributed by atoms with Gasteiger partial charge in [0.1, 0.15) is 0 Å². The number of aryl methyl sites for hydroxylation is 1. The fourth-order valence-corrected chi connectivity index (χ4v) is 3.39. The van der Waals surface area contributed by atoms with Crippen molar-refractivity contribution in [1.29, 1.82) is 0 Å². The van der Waals surface area contributed by atoms with E-state index in [1.165, 1.54) is 12.1 Å². The van der Waals surface area contributed by atoms with Crippen LogP contribution in [0, 0.1) is 17.0 Å². The lowest BCUT2D eigenvalue weighted by molar-refractivity contribution is -0.384. The van der Waals surface area contributed by atoms with Crippen LogP contribution >= 0.6 is 22.9 Å². The molecule has 0 amide bonds. The number of nitro groups is 1. The van der Waals surface area contributed by atoms with Crippen LogP contribution < -0.4 is 5.43 Å². The van der Waals surface area contributed by atoms with Crippen molar-refractivity contribution < 1.29 is 4.92 Å². The number of nitrogens with zero attached hydrogens (tertiary/aromatic N) is 2. The lowest BCUT2D eigenvalue weighted by Gasteiger charge is -1.99. The number of hydrogen-bond acceptors (Lipinski definition) is 5. The molecule has 0 fully saturated rings. The Morgan fingerprint density at radius 3 is 2.70 bits per heavy atom. The summed E-state index contributed by atoms with van der Waals surface area (Å²) in [5, 5.41) is 16.6. The highest BCUT2D eigenvalue weighted by Crippen LogP contribution is 2.31. The summed E-state index contributed by atoms with van der Waals surface area (Å²) in [5.74, 6) is 0. The predicted molar refractivity (Wildman–Crippen MR) is 95.9 cm³/mol. The number of hydrogen-bond donors (Lipinski definition) is 1. The monoisotopic (exact) mass is 345 g/mol. The quantitative estimate of drug-likeness (QED) is 0.400. The third kappa shape index (κ3) is 3.33. The van der Waals surface area contributed by atoms with Gasteiger partial charge in [-0.25, -0.2) is 0 Å². The van der Waals surface area contributed by atoms with E-state index in [2.05, 4.69) is 10.5 Å². The minimum absolute atomic E-state index is 0.0526. The Hall–Kier alpha value is -2.44. The minimum atomic E-state index is -0.432. The molecule has 0 aliphatic rings. The summed E-state index contributed by atoms with van der Waals surface area (Å²) in [6.45, 7) is 2.03. The van der Waals surface area contributed by atoms with Crippen LogP contribution in [0.2, 0.25) is 5.02 Å². The van der Waals surface area contributed by atoms with Crippen molar-refractivity contribution in [1.82, 2.24) is 0 Å². The van der Waals surface area contributed by atoms with Gasteiger partial charge >= 0.3 is 0 Å². The zero-order valence-electron chi connectivity index (χ0n) is 12.1. The van der Waals surface area contributed by atoms with Crippen LogP contribution in [0.15, 0.2) is 47.6 Å². The minimum Gasteiger partial charge on any atom is -0.278 e. The average molecular weight is 346 g/mol. The molecule has 116 valence electrons.